The molecule has 4 heteroatoms. The second-order valence-electron chi connectivity index (χ2n) is 4.45. The minimum absolute atomic E-state index is 0.315. The van der Waals surface area contributed by atoms with Gasteiger partial charge in [-0.15, -0.1) is 0 Å². The summed E-state index contributed by atoms with van der Waals surface area (Å²) in [4.78, 5) is 4.08. The van der Waals surface area contributed by atoms with Crippen LogP contribution in [-0.2, 0) is 0 Å². The SMILES string of the molecule is CCCC(O)CNc1ccc(N)c2cnccc12. The summed E-state index contributed by atoms with van der Waals surface area (Å²) in [6, 6.07) is 5.73. The van der Waals surface area contributed by atoms with E-state index in [-0.39, 0.29) is 6.10 Å². The average Bonchev–Trinajstić information content (AvgIpc) is 2.39. The number of aliphatic hydroxyl groups excluding tert-OH is 1. The van der Waals surface area contributed by atoms with Crippen molar-refractivity contribution in [3.8, 4) is 0 Å². The molecule has 1 aromatic carbocycles. The first kappa shape index (κ1) is 12.6. The molecule has 0 saturated heterocycles. The Kier molecular flexibility index (Phi) is 3.99. The number of hydrogen-bond donors (Lipinski definition) is 3. The maximum Gasteiger partial charge on any atom is 0.0712 e. The molecule has 1 unspecified atom stereocenters. The molecule has 4 nitrogen and oxygen atoms in total. The molecule has 18 heavy (non-hydrogen) atoms. The molecule has 4 N–H and O–H groups in total. The van der Waals surface area contributed by atoms with E-state index in [4.69, 9.17) is 5.73 Å². The minimum atomic E-state index is -0.315. The van der Waals surface area contributed by atoms with Gasteiger partial charge in [-0.25, -0.2) is 0 Å². The lowest BCUT2D eigenvalue weighted by Gasteiger charge is -2.14. The summed E-state index contributed by atoms with van der Waals surface area (Å²) in [5, 5.41) is 15.0. The number of nitrogen functional groups attached to an aromatic ring is 1. The van der Waals surface area contributed by atoms with E-state index in [9.17, 15) is 5.11 Å². The van der Waals surface area contributed by atoms with Crippen LogP contribution in [0.15, 0.2) is 30.6 Å². The van der Waals surface area contributed by atoms with Gasteiger partial charge in [0, 0.05) is 41.1 Å². The van der Waals surface area contributed by atoms with Crippen LogP contribution in [0.25, 0.3) is 10.8 Å². The molecule has 0 spiro atoms. The Bertz CT molecular complexity index is 527. The molecule has 0 fully saturated rings. The maximum atomic E-state index is 9.74. The third kappa shape index (κ3) is 2.71. The number of aromatic nitrogens is 1. The lowest BCUT2D eigenvalue weighted by Crippen LogP contribution is -2.19. The van der Waals surface area contributed by atoms with Crippen LogP contribution in [0.5, 0.6) is 0 Å². The van der Waals surface area contributed by atoms with Crippen molar-refractivity contribution >= 4 is 22.1 Å². The Labute approximate surface area is 107 Å². The first-order valence-electron chi connectivity index (χ1n) is 6.26. The van der Waals surface area contributed by atoms with Crippen LogP contribution in [0.3, 0.4) is 0 Å². The molecule has 96 valence electrons. The highest BCUT2D eigenvalue weighted by atomic mass is 16.3. The highest BCUT2D eigenvalue weighted by Crippen LogP contribution is 2.27. The zero-order chi connectivity index (χ0) is 13.0. The molecule has 1 aromatic heterocycles. The zero-order valence-corrected chi connectivity index (χ0v) is 10.6. The van der Waals surface area contributed by atoms with Gasteiger partial charge in [-0.2, -0.15) is 0 Å². The van der Waals surface area contributed by atoms with E-state index in [2.05, 4.69) is 17.2 Å². The Morgan fingerprint density at radius 1 is 1.33 bits per heavy atom. The average molecular weight is 245 g/mol. The highest BCUT2D eigenvalue weighted by molar-refractivity contribution is 6.00. The first-order valence-corrected chi connectivity index (χ1v) is 6.26. The van der Waals surface area contributed by atoms with Crippen LogP contribution in [0, 0.1) is 0 Å². The van der Waals surface area contributed by atoms with Crippen LogP contribution in [0.2, 0.25) is 0 Å². The number of benzene rings is 1. The van der Waals surface area contributed by atoms with E-state index < -0.39 is 0 Å². The molecule has 0 aliphatic heterocycles. The van der Waals surface area contributed by atoms with E-state index in [0.717, 1.165) is 35.0 Å². The van der Waals surface area contributed by atoms with Crippen molar-refractivity contribution in [2.45, 2.75) is 25.9 Å². The van der Waals surface area contributed by atoms with Crippen LogP contribution >= 0.6 is 0 Å². The van der Waals surface area contributed by atoms with E-state index >= 15 is 0 Å². The Morgan fingerprint density at radius 2 is 2.17 bits per heavy atom. The summed E-state index contributed by atoms with van der Waals surface area (Å²) in [5.41, 5.74) is 7.61. The molecule has 0 aliphatic rings. The van der Waals surface area contributed by atoms with Crippen molar-refractivity contribution in [2.24, 2.45) is 0 Å². The van der Waals surface area contributed by atoms with Gasteiger partial charge in [0.2, 0.25) is 0 Å². The predicted molar refractivity (Wildman–Crippen MR) is 75.6 cm³/mol. The fraction of sp³-hybridized carbons (Fsp3) is 0.357. The second-order valence-corrected chi connectivity index (χ2v) is 4.45. The lowest BCUT2D eigenvalue weighted by molar-refractivity contribution is 0.176. The first-order chi connectivity index (χ1) is 8.72. The van der Waals surface area contributed by atoms with Gasteiger partial charge in [0.05, 0.1) is 6.10 Å². The van der Waals surface area contributed by atoms with Gasteiger partial charge in [0.1, 0.15) is 0 Å². The Morgan fingerprint density at radius 3 is 2.94 bits per heavy atom. The number of nitrogens with one attached hydrogen (secondary N) is 1. The van der Waals surface area contributed by atoms with Crippen LogP contribution in [0.4, 0.5) is 11.4 Å². The summed E-state index contributed by atoms with van der Waals surface area (Å²) in [6.07, 6.45) is 4.98. The zero-order valence-electron chi connectivity index (χ0n) is 10.6. The predicted octanol–water partition coefficient (Wildman–Crippen LogP) is 2.39. The fourth-order valence-corrected chi connectivity index (χ4v) is 2.03. The number of nitrogens with zero attached hydrogens (tertiary/aromatic N) is 1. The summed E-state index contributed by atoms with van der Waals surface area (Å²) in [7, 11) is 0. The van der Waals surface area contributed by atoms with E-state index in [1.54, 1.807) is 12.4 Å². The van der Waals surface area contributed by atoms with Crippen LogP contribution in [0.1, 0.15) is 19.8 Å². The number of rotatable bonds is 5. The van der Waals surface area contributed by atoms with E-state index in [0.29, 0.717) is 6.54 Å². The molecule has 0 radical (unpaired) electrons. The van der Waals surface area contributed by atoms with Gasteiger partial charge in [0.25, 0.3) is 0 Å². The van der Waals surface area contributed by atoms with Gasteiger partial charge < -0.3 is 16.2 Å². The largest absolute Gasteiger partial charge is 0.398 e. The molecule has 1 heterocycles. The quantitative estimate of drug-likeness (QED) is 0.707. The summed E-state index contributed by atoms with van der Waals surface area (Å²) in [6.45, 7) is 2.61. The molecule has 1 atom stereocenters. The molecular formula is C14H19N3O. The number of nitrogens with two attached hydrogens (primary N) is 1. The maximum absolute atomic E-state index is 9.74. The lowest BCUT2D eigenvalue weighted by atomic mass is 10.1. The fourth-order valence-electron chi connectivity index (χ4n) is 2.03. The number of fused-ring (bicyclic) bond motifs is 1. The molecule has 0 bridgehead atoms. The van der Waals surface area contributed by atoms with Crippen molar-refractivity contribution in [1.82, 2.24) is 4.98 Å². The van der Waals surface area contributed by atoms with Crippen molar-refractivity contribution in [3.05, 3.63) is 30.6 Å². The molecule has 2 aromatic rings. The van der Waals surface area contributed by atoms with Gasteiger partial charge in [-0.05, 0) is 24.6 Å². The van der Waals surface area contributed by atoms with Gasteiger partial charge in [-0.3, -0.25) is 4.98 Å². The number of pyridine rings is 1. The third-order valence-electron chi connectivity index (χ3n) is 3.00. The molecule has 0 saturated carbocycles. The third-order valence-corrected chi connectivity index (χ3v) is 3.00. The number of hydrogen-bond acceptors (Lipinski definition) is 4. The number of anilines is 2. The molecular weight excluding hydrogens is 226 g/mol. The van der Waals surface area contributed by atoms with Crippen molar-refractivity contribution in [3.63, 3.8) is 0 Å². The monoisotopic (exact) mass is 245 g/mol. The van der Waals surface area contributed by atoms with Gasteiger partial charge in [0.15, 0.2) is 0 Å². The van der Waals surface area contributed by atoms with Gasteiger partial charge >= 0.3 is 0 Å². The van der Waals surface area contributed by atoms with Crippen LogP contribution < -0.4 is 11.1 Å². The summed E-state index contributed by atoms with van der Waals surface area (Å²) >= 11 is 0. The van der Waals surface area contributed by atoms with Crippen molar-refractivity contribution in [2.75, 3.05) is 17.6 Å². The topological polar surface area (TPSA) is 71.2 Å². The standard InChI is InChI=1S/C14H19N3O/c1-2-3-10(18)8-17-14-5-4-13(15)12-9-16-7-6-11(12)14/h4-7,9-10,17-18H,2-3,8,15H2,1H3. The normalized spacial score (nSPS) is 12.6. The van der Waals surface area contributed by atoms with Gasteiger partial charge in [-0.1, -0.05) is 13.3 Å². The molecule has 0 aliphatic carbocycles. The van der Waals surface area contributed by atoms with Crippen molar-refractivity contribution in [1.29, 1.82) is 0 Å². The Hall–Kier alpha value is -1.81. The van der Waals surface area contributed by atoms with Crippen molar-refractivity contribution < 1.29 is 5.11 Å². The number of aliphatic hydroxyl groups is 1. The Balaban J connectivity index is 2.21. The summed E-state index contributed by atoms with van der Waals surface area (Å²) < 4.78 is 0. The van der Waals surface area contributed by atoms with Crippen LogP contribution in [-0.4, -0.2) is 22.7 Å². The van der Waals surface area contributed by atoms with E-state index in [1.165, 1.54) is 0 Å². The highest BCUT2D eigenvalue weighted by Gasteiger charge is 2.06. The smallest absolute Gasteiger partial charge is 0.0712 e. The summed E-state index contributed by atoms with van der Waals surface area (Å²) in [5.74, 6) is 0. The molecule has 0 amide bonds. The second kappa shape index (κ2) is 5.69. The van der Waals surface area contributed by atoms with E-state index in [1.807, 2.05) is 18.2 Å². The molecule has 2 rings (SSSR count). The minimum Gasteiger partial charge on any atom is -0.398 e.